The van der Waals surface area contributed by atoms with Gasteiger partial charge in [0.15, 0.2) is 0 Å². The van der Waals surface area contributed by atoms with E-state index in [1.165, 1.54) is 17.5 Å². The van der Waals surface area contributed by atoms with Gasteiger partial charge in [0.2, 0.25) is 0 Å². The van der Waals surface area contributed by atoms with Crippen LogP contribution in [0.5, 0.6) is 0 Å². The van der Waals surface area contributed by atoms with E-state index in [2.05, 4.69) is 42.0 Å². The zero-order chi connectivity index (χ0) is 11.5. The van der Waals surface area contributed by atoms with Crippen molar-refractivity contribution in [2.45, 2.75) is 19.9 Å². The molecule has 0 saturated heterocycles. The zero-order valence-electron chi connectivity index (χ0n) is 9.51. The fourth-order valence-electron chi connectivity index (χ4n) is 1.85. The van der Waals surface area contributed by atoms with E-state index in [9.17, 15) is 0 Å². The van der Waals surface area contributed by atoms with Crippen LogP contribution in [0.3, 0.4) is 0 Å². The van der Waals surface area contributed by atoms with Crippen molar-refractivity contribution in [1.82, 2.24) is 9.97 Å². The summed E-state index contributed by atoms with van der Waals surface area (Å²) >= 11 is 0. The molecule has 0 bridgehead atoms. The van der Waals surface area contributed by atoms with E-state index in [-0.39, 0.29) is 6.04 Å². The van der Waals surface area contributed by atoms with Crippen molar-refractivity contribution in [1.29, 1.82) is 0 Å². The lowest BCUT2D eigenvalue weighted by Gasteiger charge is -2.13. The maximum atomic E-state index is 6.17. The van der Waals surface area contributed by atoms with Crippen molar-refractivity contribution >= 4 is 0 Å². The molecule has 16 heavy (non-hydrogen) atoms. The first-order valence-corrected chi connectivity index (χ1v) is 5.25. The first-order chi connectivity index (χ1) is 7.66. The van der Waals surface area contributed by atoms with Crippen LogP contribution in [0, 0.1) is 13.8 Å². The van der Waals surface area contributed by atoms with Crippen LogP contribution in [-0.4, -0.2) is 9.97 Å². The van der Waals surface area contributed by atoms with Crippen LogP contribution in [-0.2, 0) is 0 Å². The Morgan fingerprint density at radius 3 is 2.06 bits per heavy atom. The molecule has 2 aromatic rings. The average Bonchev–Trinajstić information content (AvgIpc) is 2.28. The molecule has 0 radical (unpaired) electrons. The zero-order valence-corrected chi connectivity index (χ0v) is 9.51. The van der Waals surface area contributed by atoms with Crippen molar-refractivity contribution in [2.24, 2.45) is 5.73 Å². The molecule has 0 aliphatic carbocycles. The minimum absolute atomic E-state index is 0.153. The Morgan fingerprint density at radius 2 is 1.50 bits per heavy atom. The largest absolute Gasteiger partial charge is 0.320 e. The topological polar surface area (TPSA) is 51.8 Å². The van der Waals surface area contributed by atoms with Gasteiger partial charge in [-0.05, 0) is 19.4 Å². The van der Waals surface area contributed by atoms with Crippen LogP contribution in [0.15, 0.2) is 36.9 Å². The van der Waals surface area contributed by atoms with Crippen molar-refractivity contribution in [2.75, 3.05) is 0 Å². The standard InChI is InChI=1S/C13H15N3/c1-9-3-10(2)5-11(4-9)13(14)12-6-15-8-16-7-12/h3-8,13H,14H2,1-2H3. The van der Waals surface area contributed by atoms with Gasteiger partial charge in [0, 0.05) is 18.0 Å². The molecule has 0 amide bonds. The molecule has 82 valence electrons. The summed E-state index contributed by atoms with van der Waals surface area (Å²) in [4.78, 5) is 7.97. The minimum Gasteiger partial charge on any atom is -0.320 e. The van der Waals surface area contributed by atoms with Crippen LogP contribution in [0.1, 0.15) is 28.3 Å². The SMILES string of the molecule is Cc1cc(C)cc(C(N)c2cncnc2)c1. The van der Waals surface area contributed by atoms with E-state index in [1.54, 1.807) is 12.4 Å². The highest BCUT2D eigenvalue weighted by atomic mass is 14.8. The molecule has 1 aromatic carbocycles. The van der Waals surface area contributed by atoms with Crippen molar-refractivity contribution < 1.29 is 0 Å². The molecule has 1 aromatic heterocycles. The van der Waals surface area contributed by atoms with Gasteiger partial charge in [0.25, 0.3) is 0 Å². The van der Waals surface area contributed by atoms with Gasteiger partial charge >= 0.3 is 0 Å². The Labute approximate surface area is 95.4 Å². The summed E-state index contributed by atoms with van der Waals surface area (Å²) in [5.41, 5.74) is 10.7. The van der Waals surface area contributed by atoms with Gasteiger partial charge in [0.1, 0.15) is 6.33 Å². The van der Waals surface area contributed by atoms with Gasteiger partial charge in [-0.2, -0.15) is 0 Å². The lowest BCUT2D eigenvalue weighted by Crippen LogP contribution is -2.12. The van der Waals surface area contributed by atoms with Crippen LogP contribution >= 0.6 is 0 Å². The van der Waals surface area contributed by atoms with Crippen molar-refractivity contribution in [3.8, 4) is 0 Å². The second kappa shape index (κ2) is 4.41. The van der Waals surface area contributed by atoms with E-state index in [1.807, 2.05) is 0 Å². The summed E-state index contributed by atoms with van der Waals surface area (Å²) < 4.78 is 0. The van der Waals surface area contributed by atoms with E-state index >= 15 is 0 Å². The summed E-state index contributed by atoms with van der Waals surface area (Å²) in [5, 5.41) is 0. The molecule has 3 nitrogen and oxygen atoms in total. The third-order valence-corrected chi connectivity index (χ3v) is 2.54. The molecule has 2 N–H and O–H groups in total. The van der Waals surface area contributed by atoms with E-state index in [0.717, 1.165) is 11.1 Å². The Kier molecular flexibility index (Phi) is 2.97. The molecular weight excluding hydrogens is 198 g/mol. The summed E-state index contributed by atoms with van der Waals surface area (Å²) in [5.74, 6) is 0. The van der Waals surface area contributed by atoms with E-state index in [0.29, 0.717) is 0 Å². The lowest BCUT2D eigenvalue weighted by atomic mass is 9.98. The van der Waals surface area contributed by atoms with Gasteiger partial charge in [-0.15, -0.1) is 0 Å². The summed E-state index contributed by atoms with van der Waals surface area (Å²) in [6.45, 7) is 4.15. The van der Waals surface area contributed by atoms with E-state index < -0.39 is 0 Å². The molecule has 0 saturated carbocycles. The molecule has 0 fully saturated rings. The predicted molar refractivity (Wildman–Crippen MR) is 64.0 cm³/mol. The monoisotopic (exact) mass is 213 g/mol. The first kappa shape index (κ1) is 10.8. The summed E-state index contributed by atoms with van der Waals surface area (Å²) in [6.07, 6.45) is 5.03. The molecule has 2 rings (SSSR count). The highest BCUT2D eigenvalue weighted by Gasteiger charge is 2.09. The Balaban J connectivity index is 2.37. The number of aromatic nitrogens is 2. The first-order valence-electron chi connectivity index (χ1n) is 5.25. The molecular formula is C13H15N3. The molecule has 1 unspecified atom stereocenters. The molecule has 0 spiro atoms. The third-order valence-electron chi connectivity index (χ3n) is 2.54. The highest BCUT2D eigenvalue weighted by molar-refractivity contribution is 5.34. The van der Waals surface area contributed by atoms with Crippen LogP contribution in [0.25, 0.3) is 0 Å². The molecule has 0 aliphatic heterocycles. The highest BCUT2D eigenvalue weighted by Crippen LogP contribution is 2.20. The number of nitrogens with zero attached hydrogens (tertiary/aromatic N) is 2. The Morgan fingerprint density at radius 1 is 0.938 bits per heavy atom. The number of nitrogens with two attached hydrogens (primary N) is 1. The predicted octanol–water partition coefficient (Wildman–Crippen LogP) is 2.14. The second-order valence-electron chi connectivity index (χ2n) is 4.07. The maximum absolute atomic E-state index is 6.17. The smallest absolute Gasteiger partial charge is 0.115 e. The van der Waals surface area contributed by atoms with Gasteiger partial charge in [0.05, 0.1) is 6.04 Å². The number of aryl methyl sites for hydroxylation is 2. The van der Waals surface area contributed by atoms with Gasteiger partial charge in [-0.3, -0.25) is 0 Å². The summed E-state index contributed by atoms with van der Waals surface area (Å²) in [7, 11) is 0. The summed E-state index contributed by atoms with van der Waals surface area (Å²) in [6, 6.07) is 6.19. The fourth-order valence-corrected chi connectivity index (χ4v) is 1.85. The lowest BCUT2D eigenvalue weighted by molar-refractivity contribution is 0.847. The van der Waals surface area contributed by atoms with Crippen LogP contribution in [0.2, 0.25) is 0 Å². The van der Waals surface area contributed by atoms with Crippen molar-refractivity contribution in [3.05, 3.63) is 59.2 Å². The number of hydrogen-bond donors (Lipinski definition) is 1. The molecule has 0 aliphatic rings. The maximum Gasteiger partial charge on any atom is 0.115 e. The van der Waals surface area contributed by atoms with Gasteiger partial charge in [-0.25, -0.2) is 9.97 Å². The Hall–Kier alpha value is -1.74. The second-order valence-corrected chi connectivity index (χ2v) is 4.07. The number of benzene rings is 1. The Bertz CT molecular complexity index is 460. The van der Waals surface area contributed by atoms with Crippen molar-refractivity contribution in [3.63, 3.8) is 0 Å². The van der Waals surface area contributed by atoms with Gasteiger partial charge in [-0.1, -0.05) is 29.3 Å². The normalized spacial score (nSPS) is 12.4. The minimum atomic E-state index is -0.153. The quantitative estimate of drug-likeness (QED) is 0.831. The fraction of sp³-hybridized carbons (Fsp3) is 0.231. The third kappa shape index (κ3) is 2.25. The molecule has 1 heterocycles. The van der Waals surface area contributed by atoms with E-state index in [4.69, 9.17) is 5.73 Å². The molecule has 3 heteroatoms. The average molecular weight is 213 g/mol. The number of hydrogen-bond acceptors (Lipinski definition) is 3. The number of rotatable bonds is 2. The van der Waals surface area contributed by atoms with Crippen LogP contribution < -0.4 is 5.73 Å². The molecule has 1 atom stereocenters. The van der Waals surface area contributed by atoms with Crippen LogP contribution in [0.4, 0.5) is 0 Å². The van der Waals surface area contributed by atoms with Gasteiger partial charge < -0.3 is 5.73 Å².